The van der Waals surface area contributed by atoms with Crippen LogP contribution in [0.15, 0.2) is 18.2 Å². The van der Waals surface area contributed by atoms with Gasteiger partial charge >= 0.3 is 0 Å². The molecule has 0 saturated heterocycles. The summed E-state index contributed by atoms with van der Waals surface area (Å²) in [6, 6.07) is 5.23. The summed E-state index contributed by atoms with van der Waals surface area (Å²) in [7, 11) is 0. The van der Waals surface area contributed by atoms with Crippen molar-refractivity contribution in [1.29, 1.82) is 0 Å². The van der Waals surface area contributed by atoms with Crippen molar-refractivity contribution in [2.75, 3.05) is 25.4 Å². The topological polar surface area (TPSA) is 58.4 Å². The Morgan fingerprint density at radius 2 is 2.05 bits per heavy atom. The Bertz CT molecular complexity index is 461. The number of nitrogens with zero attached hydrogens (tertiary/aromatic N) is 1. The lowest BCUT2D eigenvalue weighted by Crippen LogP contribution is -2.33. The fourth-order valence-electron chi connectivity index (χ4n) is 2.26. The number of halogens is 1. The molecule has 0 aliphatic heterocycles. The standard InChI is InChI=1S/C16H26ClN3O/c1-4-20(5-2)11-7-8-12(3)19-16(21)13-9-6-10-14(18)15(13)17/h6,9-10,12H,4-5,7-8,11,18H2,1-3H3,(H,19,21). The number of nitrogens with one attached hydrogen (secondary N) is 1. The van der Waals surface area contributed by atoms with Gasteiger partial charge in [-0.2, -0.15) is 0 Å². The summed E-state index contributed by atoms with van der Waals surface area (Å²) < 4.78 is 0. The van der Waals surface area contributed by atoms with Crippen molar-refractivity contribution in [2.24, 2.45) is 0 Å². The molecule has 1 unspecified atom stereocenters. The number of hydrogen-bond donors (Lipinski definition) is 2. The summed E-state index contributed by atoms with van der Waals surface area (Å²) in [4.78, 5) is 14.6. The Morgan fingerprint density at radius 1 is 1.38 bits per heavy atom. The third-order valence-electron chi connectivity index (χ3n) is 3.66. The second kappa shape index (κ2) is 8.90. The maximum Gasteiger partial charge on any atom is 0.253 e. The predicted octanol–water partition coefficient (Wildman–Crippen LogP) is 3.16. The number of benzene rings is 1. The molecule has 0 heterocycles. The van der Waals surface area contributed by atoms with Gasteiger partial charge in [0.1, 0.15) is 0 Å². The Labute approximate surface area is 132 Å². The third-order valence-corrected chi connectivity index (χ3v) is 4.08. The van der Waals surface area contributed by atoms with Crippen molar-refractivity contribution < 1.29 is 4.79 Å². The largest absolute Gasteiger partial charge is 0.398 e. The van der Waals surface area contributed by atoms with E-state index in [-0.39, 0.29) is 11.9 Å². The van der Waals surface area contributed by atoms with Crippen LogP contribution in [0.2, 0.25) is 5.02 Å². The first kappa shape index (κ1) is 17.8. The van der Waals surface area contributed by atoms with Crippen LogP contribution in [-0.2, 0) is 0 Å². The van der Waals surface area contributed by atoms with E-state index in [1.165, 1.54) is 0 Å². The first-order valence-electron chi connectivity index (χ1n) is 7.56. The van der Waals surface area contributed by atoms with Gasteiger partial charge in [0.2, 0.25) is 0 Å². The van der Waals surface area contributed by atoms with Gasteiger partial charge in [0, 0.05) is 6.04 Å². The van der Waals surface area contributed by atoms with Gasteiger partial charge in [-0.05, 0) is 51.5 Å². The number of anilines is 1. The molecule has 0 bridgehead atoms. The van der Waals surface area contributed by atoms with Crippen LogP contribution in [0.1, 0.15) is 44.0 Å². The Balaban J connectivity index is 2.45. The molecule has 3 N–H and O–H groups in total. The predicted molar refractivity (Wildman–Crippen MR) is 89.8 cm³/mol. The molecule has 1 rings (SSSR count). The number of carbonyl (C=O) groups is 1. The number of nitrogens with two attached hydrogens (primary N) is 1. The minimum Gasteiger partial charge on any atom is -0.398 e. The Kier molecular flexibility index (Phi) is 7.54. The molecular formula is C16H26ClN3O. The summed E-state index contributed by atoms with van der Waals surface area (Å²) in [6.45, 7) is 9.53. The number of amides is 1. The maximum atomic E-state index is 12.2. The van der Waals surface area contributed by atoms with Crippen molar-refractivity contribution in [3.05, 3.63) is 28.8 Å². The van der Waals surface area contributed by atoms with Gasteiger partial charge in [-0.25, -0.2) is 0 Å². The van der Waals surface area contributed by atoms with E-state index in [0.29, 0.717) is 16.3 Å². The first-order chi connectivity index (χ1) is 9.99. The highest BCUT2D eigenvalue weighted by Crippen LogP contribution is 2.23. The zero-order chi connectivity index (χ0) is 15.8. The van der Waals surface area contributed by atoms with Crippen LogP contribution in [0.3, 0.4) is 0 Å². The highest BCUT2D eigenvalue weighted by molar-refractivity contribution is 6.36. The van der Waals surface area contributed by atoms with Crippen LogP contribution >= 0.6 is 11.6 Å². The molecule has 0 aliphatic carbocycles. The average molecular weight is 312 g/mol. The summed E-state index contributed by atoms with van der Waals surface area (Å²) in [5.74, 6) is -0.164. The summed E-state index contributed by atoms with van der Waals surface area (Å²) >= 11 is 6.06. The number of nitrogen functional groups attached to an aromatic ring is 1. The van der Waals surface area contributed by atoms with E-state index in [4.69, 9.17) is 17.3 Å². The molecule has 1 aromatic carbocycles. The number of hydrogen-bond acceptors (Lipinski definition) is 3. The van der Waals surface area contributed by atoms with Crippen molar-refractivity contribution >= 4 is 23.2 Å². The smallest absolute Gasteiger partial charge is 0.253 e. The molecule has 1 atom stereocenters. The number of carbonyl (C=O) groups excluding carboxylic acids is 1. The van der Waals surface area contributed by atoms with Crippen LogP contribution in [0.4, 0.5) is 5.69 Å². The second-order valence-electron chi connectivity index (χ2n) is 5.25. The molecule has 118 valence electrons. The summed E-state index contributed by atoms with van der Waals surface area (Å²) in [6.07, 6.45) is 2.01. The molecule has 0 fully saturated rings. The van der Waals surface area contributed by atoms with Crippen molar-refractivity contribution in [2.45, 2.75) is 39.7 Å². The van der Waals surface area contributed by atoms with Crippen molar-refractivity contribution in [3.8, 4) is 0 Å². The molecule has 0 aromatic heterocycles. The Morgan fingerprint density at radius 3 is 2.67 bits per heavy atom. The molecule has 0 spiro atoms. The first-order valence-corrected chi connectivity index (χ1v) is 7.94. The minimum atomic E-state index is -0.164. The fourth-order valence-corrected chi connectivity index (χ4v) is 2.47. The van der Waals surface area contributed by atoms with Gasteiger partial charge in [0.25, 0.3) is 5.91 Å². The summed E-state index contributed by atoms with van der Waals surface area (Å²) in [5, 5.41) is 3.30. The SMILES string of the molecule is CCN(CC)CCCC(C)NC(=O)c1cccc(N)c1Cl. The van der Waals surface area contributed by atoms with Gasteiger partial charge in [-0.15, -0.1) is 0 Å². The lowest BCUT2D eigenvalue weighted by Gasteiger charge is -2.20. The molecule has 21 heavy (non-hydrogen) atoms. The molecule has 0 aliphatic rings. The molecule has 0 radical (unpaired) electrons. The van der Waals surface area contributed by atoms with Gasteiger partial charge in [0.15, 0.2) is 0 Å². The molecule has 5 heteroatoms. The summed E-state index contributed by atoms with van der Waals surface area (Å²) in [5.41, 5.74) is 6.58. The van der Waals surface area contributed by atoms with Crippen LogP contribution < -0.4 is 11.1 Å². The monoisotopic (exact) mass is 311 g/mol. The van der Waals surface area contributed by atoms with Crippen molar-refractivity contribution in [1.82, 2.24) is 10.2 Å². The quantitative estimate of drug-likeness (QED) is 0.725. The molecule has 1 aromatic rings. The number of rotatable bonds is 8. The zero-order valence-corrected chi connectivity index (χ0v) is 13.9. The van der Waals surface area contributed by atoms with Gasteiger partial charge < -0.3 is 16.0 Å². The van der Waals surface area contributed by atoms with Crippen molar-refractivity contribution in [3.63, 3.8) is 0 Å². The molecule has 1 amide bonds. The van der Waals surface area contributed by atoms with E-state index in [1.807, 2.05) is 6.92 Å². The second-order valence-corrected chi connectivity index (χ2v) is 5.63. The lowest BCUT2D eigenvalue weighted by atomic mass is 10.1. The molecular weight excluding hydrogens is 286 g/mol. The molecule has 0 saturated carbocycles. The van der Waals surface area contributed by atoms with Crippen LogP contribution in [0, 0.1) is 0 Å². The normalized spacial score (nSPS) is 12.4. The van der Waals surface area contributed by atoms with E-state index in [1.54, 1.807) is 18.2 Å². The van der Waals surface area contributed by atoms with Crippen LogP contribution in [0.25, 0.3) is 0 Å². The van der Waals surface area contributed by atoms with Crippen LogP contribution in [-0.4, -0.2) is 36.5 Å². The fraction of sp³-hybridized carbons (Fsp3) is 0.562. The van der Waals surface area contributed by atoms with E-state index in [0.717, 1.165) is 32.5 Å². The van der Waals surface area contributed by atoms with E-state index in [2.05, 4.69) is 24.1 Å². The highest BCUT2D eigenvalue weighted by atomic mass is 35.5. The zero-order valence-electron chi connectivity index (χ0n) is 13.2. The average Bonchev–Trinajstić information content (AvgIpc) is 2.46. The van der Waals surface area contributed by atoms with E-state index in [9.17, 15) is 4.79 Å². The third kappa shape index (κ3) is 5.56. The highest BCUT2D eigenvalue weighted by Gasteiger charge is 2.14. The molecule has 4 nitrogen and oxygen atoms in total. The van der Waals surface area contributed by atoms with E-state index < -0.39 is 0 Å². The lowest BCUT2D eigenvalue weighted by molar-refractivity contribution is 0.0937. The van der Waals surface area contributed by atoms with Gasteiger partial charge in [-0.1, -0.05) is 31.5 Å². The van der Waals surface area contributed by atoms with Crippen LogP contribution in [0.5, 0.6) is 0 Å². The minimum absolute atomic E-state index is 0.116. The van der Waals surface area contributed by atoms with Gasteiger partial charge in [0.05, 0.1) is 16.3 Å². The van der Waals surface area contributed by atoms with E-state index >= 15 is 0 Å². The van der Waals surface area contributed by atoms with Gasteiger partial charge in [-0.3, -0.25) is 4.79 Å². The Hall–Kier alpha value is -1.26. The maximum absolute atomic E-state index is 12.2.